The zero-order valence-electron chi connectivity index (χ0n) is 14.6. The van der Waals surface area contributed by atoms with E-state index in [1.165, 1.54) is 24.1 Å². The summed E-state index contributed by atoms with van der Waals surface area (Å²) in [6.07, 6.45) is 0.330. The van der Waals surface area contributed by atoms with Crippen LogP contribution in [-0.2, 0) is 4.79 Å². The van der Waals surface area contributed by atoms with Crippen LogP contribution in [0.1, 0.15) is 30.5 Å². The highest BCUT2D eigenvalue weighted by Crippen LogP contribution is 2.38. The van der Waals surface area contributed by atoms with E-state index in [2.05, 4.69) is 5.10 Å². The van der Waals surface area contributed by atoms with Crippen LogP contribution in [0.25, 0.3) is 0 Å². The van der Waals surface area contributed by atoms with E-state index in [4.69, 9.17) is 21.1 Å². The summed E-state index contributed by atoms with van der Waals surface area (Å²) in [7, 11) is 3.11. The van der Waals surface area contributed by atoms with E-state index < -0.39 is 11.9 Å². The number of halogens is 2. The van der Waals surface area contributed by atoms with Gasteiger partial charge in [-0.25, -0.2) is 9.40 Å². The van der Waals surface area contributed by atoms with Gasteiger partial charge in [0.25, 0.3) is 0 Å². The first-order valence-electron chi connectivity index (χ1n) is 7.99. The number of carbonyl (C=O) groups is 1. The molecule has 1 heterocycles. The predicted octanol–water partition coefficient (Wildman–Crippen LogP) is 4.19. The van der Waals surface area contributed by atoms with Crippen molar-refractivity contribution in [2.75, 3.05) is 14.2 Å². The zero-order valence-corrected chi connectivity index (χ0v) is 15.4. The maximum atomic E-state index is 14.4. The predicted molar refractivity (Wildman–Crippen MR) is 97.4 cm³/mol. The first-order chi connectivity index (χ1) is 12.4. The standard InChI is InChI=1S/C19H18ClFN2O3/c1-11(24)23-18(19-15(20)5-4-6-16(19)21)10-17(22-23)12-7-13(25-2)9-14(8-12)26-3/h4-9,18H,10H2,1-3H3. The minimum Gasteiger partial charge on any atom is -0.497 e. The van der Waals surface area contributed by atoms with Gasteiger partial charge in [-0.2, -0.15) is 5.10 Å². The smallest absolute Gasteiger partial charge is 0.240 e. The summed E-state index contributed by atoms with van der Waals surface area (Å²) in [6.45, 7) is 1.39. The summed E-state index contributed by atoms with van der Waals surface area (Å²) in [5, 5.41) is 5.95. The van der Waals surface area contributed by atoms with E-state index in [1.54, 1.807) is 38.5 Å². The van der Waals surface area contributed by atoms with E-state index in [1.807, 2.05) is 0 Å². The number of hydrogen-bond donors (Lipinski definition) is 0. The molecule has 1 aliphatic heterocycles. The van der Waals surface area contributed by atoms with Gasteiger partial charge in [-0.3, -0.25) is 4.79 Å². The summed E-state index contributed by atoms with van der Waals surface area (Å²) < 4.78 is 25.0. The Kier molecular flexibility index (Phi) is 5.13. The Morgan fingerprint density at radius 2 is 1.88 bits per heavy atom. The van der Waals surface area contributed by atoms with Crippen molar-refractivity contribution in [3.8, 4) is 11.5 Å². The molecule has 1 amide bonds. The fourth-order valence-electron chi connectivity index (χ4n) is 3.00. The number of hydrogen-bond acceptors (Lipinski definition) is 4. The van der Waals surface area contributed by atoms with Crippen molar-refractivity contribution in [1.29, 1.82) is 0 Å². The molecule has 5 nitrogen and oxygen atoms in total. The van der Waals surface area contributed by atoms with Crippen molar-refractivity contribution in [3.05, 3.63) is 58.4 Å². The minimum atomic E-state index is -0.603. The first-order valence-corrected chi connectivity index (χ1v) is 8.37. The molecule has 0 saturated carbocycles. The molecular formula is C19H18ClFN2O3. The number of benzene rings is 2. The first kappa shape index (κ1) is 18.2. The van der Waals surface area contributed by atoms with Gasteiger partial charge < -0.3 is 9.47 Å². The number of amides is 1. The molecule has 1 unspecified atom stereocenters. The van der Waals surface area contributed by atoms with Crippen molar-refractivity contribution < 1.29 is 18.7 Å². The monoisotopic (exact) mass is 376 g/mol. The summed E-state index contributed by atoms with van der Waals surface area (Å²) in [6, 6.07) is 9.19. The molecule has 2 aromatic carbocycles. The number of carbonyl (C=O) groups excluding carboxylic acids is 1. The SMILES string of the molecule is COc1cc(OC)cc(C2=NN(C(C)=O)C(c3c(F)cccc3Cl)C2)c1. The Morgan fingerprint density at radius 1 is 1.23 bits per heavy atom. The Morgan fingerprint density at radius 3 is 2.42 bits per heavy atom. The second-order valence-corrected chi connectivity index (χ2v) is 6.27. The average molecular weight is 377 g/mol. The second-order valence-electron chi connectivity index (χ2n) is 5.87. The van der Waals surface area contributed by atoms with Crippen LogP contribution < -0.4 is 9.47 Å². The number of rotatable bonds is 4. The normalized spacial score (nSPS) is 16.4. The van der Waals surface area contributed by atoms with Gasteiger partial charge in [-0.05, 0) is 24.3 Å². The topological polar surface area (TPSA) is 51.1 Å². The van der Waals surface area contributed by atoms with Crippen LogP contribution in [0, 0.1) is 5.82 Å². The zero-order chi connectivity index (χ0) is 18.8. The highest BCUT2D eigenvalue weighted by molar-refractivity contribution is 6.31. The molecule has 26 heavy (non-hydrogen) atoms. The molecule has 0 radical (unpaired) electrons. The number of hydrazone groups is 1. The van der Waals surface area contributed by atoms with Crippen LogP contribution in [-0.4, -0.2) is 30.8 Å². The van der Waals surface area contributed by atoms with Crippen molar-refractivity contribution in [1.82, 2.24) is 5.01 Å². The molecule has 3 rings (SSSR count). The molecule has 0 aliphatic carbocycles. The van der Waals surface area contributed by atoms with Crippen LogP contribution >= 0.6 is 11.6 Å². The number of ether oxygens (including phenoxy) is 2. The molecule has 2 aromatic rings. The quantitative estimate of drug-likeness (QED) is 0.803. The van der Waals surface area contributed by atoms with Gasteiger partial charge in [0.05, 0.1) is 26.0 Å². The molecule has 0 fully saturated rings. The molecule has 0 N–H and O–H groups in total. The molecule has 0 spiro atoms. The summed E-state index contributed by atoms with van der Waals surface area (Å²) in [5.74, 6) is 0.445. The number of nitrogens with zero attached hydrogens (tertiary/aromatic N) is 2. The molecule has 0 saturated heterocycles. The van der Waals surface area contributed by atoms with Gasteiger partial charge >= 0.3 is 0 Å². The Hall–Kier alpha value is -2.60. The van der Waals surface area contributed by atoms with Crippen LogP contribution in [0.2, 0.25) is 5.02 Å². The molecule has 0 aromatic heterocycles. The molecular weight excluding hydrogens is 359 g/mol. The molecule has 7 heteroatoms. The molecule has 1 atom stereocenters. The van der Waals surface area contributed by atoms with E-state index in [0.29, 0.717) is 23.6 Å². The van der Waals surface area contributed by atoms with Crippen LogP contribution in [0.4, 0.5) is 4.39 Å². The van der Waals surface area contributed by atoms with Gasteiger partial charge in [-0.1, -0.05) is 17.7 Å². The highest BCUT2D eigenvalue weighted by atomic mass is 35.5. The van der Waals surface area contributed by atoms with Crippen molar-refractivity contribution >= 4 is 23.2 Å². The van der Waals surface area contributed by atoms with E-state index in [9.17, 15) is 9.18 Å². The van der Waals surface area contributed by atoms with Gasteiger partial charge in [0.1, 0.15) is 17.3 Å². The lowest BCUT2D eigenvalue weighted by Gasteiger charge is -2.21. The van der Waals surface area contributed by atoms with Gasteiger partial charge in [0.15, 0.2) is 0 Å². The van der Waals surface area contributed by atoms with E-state index in [0.717, 1.165) is 5.56 Å². The van der Waals surface area contributed by atoms with Gasteiger partial charge in [0.2, 0.25) is 5.91 Å². The minimum absolute atomic E-state index is 0.262. The van der Waals surface area contributed by atoms with Crippen LogP contribution in [0.5, 0.6) is 11.5 Å². The molecule has 0 bridgehead atoms. The summed E-state index contributed by atoms with van der Waals surface area (Å²) >= 11 is 6.20. The third-order valence-electron chi connectivity index (χ3n) is 4.25. The maximum absolute atomic E-state index is 14.4. The third-order valence-corrected chi connectivity index (χ3v) is 4.58. The summed E-state index contributed by atoms with van der Waals surface area (Å²) in [5.41, 5.74) is 1.63. The fourth-order valence-corrected chi connectivity index (χ4v) is 3.29. The van der Waals surface area contributed by atoms with Gasteiger partial charge in [-0.15, -0.1) is 0 Å². The fraction of sp³-hybridized carbons (Fsp3) is 0.263. The maximum Gasteiger partial charge on any atom is 0.240 e. The van der Waals surface area contributed by atoms with Gasteiger partial charge in [0, 0.05) is 35.6 Å². The number of methoxy groups -OCH3 is 2. The molecule has 136 valence electrons. The lowest BCUT2D eigenvalue weighted by Crippen LogP contribution is -2.25. The Bertz CT molecular complexity index is 843. The summed E-state index contributed by atoms with van der Waals surface area (Å²) in [4.78, 5) is 12.1. The van der Waals surface area contributed by atoms with Crippen LogP contribution in [0.15, 0.2) is 41.5 Å². The largest absolute Gasteiger partial charge is 0.497 e. The Balaban J connectivity index is 2.04. The van der Waals surface area contributed by atoms with E-state index in [-0.39, 0.29) is 16.5 Å². The van der Waals surface area contributed by atoms with Crippen molar-refractivity contribution in [3.63, 3.8) is 0 Å². The average Bonchev–Trinajstić information content (AvgIpc) is 3.06. The van der Waals surface area contributed by atoms with Crippen molar-refractivity contribution in [2.45, 2.75) is 19.4 Å². The molecule has 1 aliphatic rings. The lowest BCUT2D eigenvalue weighted by atomic mass is 9.97. The van der Waals surface area contributed by atoms with Crippen molar-refractivity contribution in [2.24, 2.45) is 5.10 Å². The Labute approximate surface area is 156 Å². The van der Waals surface area contributed by atoms with Crippen LogP contribution in [0.3, 0.4) is 0 Å². The van der Waals surface area contributed by atoms with E-state index >= 15 is 0 Å². The second kappa shape index (κ2) is 7.33. The highest BCUT2D eigenvalue weighted by Gasteiger charge is 2.34. The third kappa shape index (κ3) is 3.37. The lowest BCUT2D eigenvalue weighted by molar-refractivity contribution is -0.130.